The lowest BCUT2D eigenvalue weighted by molar-refractivity contribution is 0.100. The Morgan fingerprint density at radius 1 is 1.18 bits per heavy atom. The molecule has 1 amide bonds. The fraction of sp³-hybridized carbons (Fsp3) is 0.227. The van der Waals surface area contributed by atoms with E-state index in [1.54, 1.807) is 25.3 Å². The number of aliphatic imine (C=N–C) groups is 1. The first kappa shape index (κ1) is 24.1. The number of guanidine groups is 1. The van der Waals surface area contributed by atoms with Gasteiger partial charge in [-0.1, -0.05) is 0 Å². The molecule has 0 aliphatic carbocycles. The van der Waals surface area contributed by atoms with Gasteiger partial charge in [0.1, 0.15) is 5.82 Å². The number of hydrogen-bond donors (Lipinski definition) is 3. The third-order valence-electron chi connectivity index (χ3n) is 4.52. The van der Waals surface area contributed by atoms with E-state index in [0.717, 1.165) is 11.8 Å². The summed E-state index contributed by atoms with van der Waals surface area (Å²) in [7, 11) is -1.82. The fourth-order valence-electron chi connectivity index (χ4n) is 2.92. The molecule has 0 bridgehead atoms. The van der Waals surface area contributed by atoms with Gasteiger partial charge in [-0.25, -0.2) is 12.8 Å². The number of halogens is 1. The van der Waals surface area contributed by atoms with Crippen LogP contribution in [0, 0.1) is 5.82 Å². The number of amides is 1. The average molecular weight is 474 g/mol. The molecule has 33 heavy (non-hydrogen) atoms. The van der Waals surface area contributed by atoms with E-state index < -0.39 is 15.7 Å². The number of rotatable bonds is 7. The minimum absolute atomic E-state index is 0.109. The molecule has 3 rings (SSSR count). The van der Waals surface area contributed by atoms with Crippen molar-refractivity contribution < 1.29 is 22.3 Å². The number of nitrogens with zero attached hydrogens (tertiary/aromatic N) is 2. The van der Waals surface area contributed by atoms with Crippen molar-refractivity contribution in [2.75, 3.05) is 25.3 Å². The standard InChI is InChI=1S/C22H24FN5O4S/c1-14(13-32-2)24-22(26-21(29)16-6-10-18(11-7-16)33(3,30)31)25-20-12-19(27-28-20)15-4-8-17(23)9-5-15/h4-12,14H,13H2,1-3H3,(H3,24,25,26,27,28,29)/t14-/m0/s1. The topological polar surface area (TPSA) is 126 Å². The predicted molar refractivity (Wildman–Crippen MR) is 123 cm³/mol. The number of anilines is 1. The minimum atomic E-state index is -3.37. The molecular formula is C22H24FN5O4S. The molecule has 1 aromatic heterocycles. The highest BCUT2D eigenvalue weighted by Crippen LogP contribution is 2.20. The van der Waals surface area contributed by atoms with Crippen LogP contribution in [0.2, 0.25) is 0 Å². The second-order valence-electron chi connectivity index (χ2n) is 7.36. The number of sulfone groups is 1. The number of methoxy groups -OCH3 is 1. The highest BCUT2D eigenvalue weighted by Gasteiger charge is 2.14. The Kier molecular flexibility index (Phi) is 7.56. The van der Waals surface area contributed by atoms with E-state index in [4.69, 9.17) is 4.74 Å². The van der Waals surface area contributed by atoms with E-state index in [-0.39, 0.29) is 28.3 Å². The van der Waals surface area contributed by atoms with Gasteiger partial charge in [-0.05, 0) is 61.0 Å². The molecule has 2 aromatic carbocycles. The molecule has 0 spiro atoms. The molecule has 0 radical (unpaired) electrons. The van der Waals surface area contributed by atoms with E-state index in [0.29, 0.717) is 18.1 Å². The van der Waals surface area contributed by atoms with Crippen LogP contribution in [0.4, 0.5) is 10.2 Å². The summed E-state index contributed by atoms with van der Waals surface area (Å²) in [6.45, 7) is 2.21. The summed E-state index contributed by atoms with van der Waals surface area (Å²) in [5.41, 5.74) is 1.60. The fourth-order valence-corrected chi connectivity index (χ4v) is 3.55. The summed E-state index contributed by atoms with van der Waals surface area (Å²) in [5.74, 6) is -0.409. The predicted octanol–water partition coefficient (Wildman–Crippen LogP) is 2.85. The molecule has 0 aliphatic heterocycles. The van der Waals surface area contributed by atoms with Crippen molar-refractivity contribution >= 4 is 27.5 Å². The van der Waals surface area contributed by atoms with Crippen molar-refractivity contribution in [3.05, 3.63) is 66.0 Å². The summed E-state index contributed by atoms with van der Waals surface area (Å²) in [5, 5.41) is 13.0. The molecule has 9 nitrogen and oxygen atoms in total. The minimum Gasteiger partial charge on any atom is -0.383 e. The number of carbonyl (C=O) groups is 1. The van der Waals surface area contributed by atoms with E-state index in [1.807, 2.05) is 6.92 Å². The highest BCUT2D eigenvalue weighted by molar-refractivity contribution is 7.90. The summed E-state index contributed by atoms with van der Waals surface area (Å²) in [6, 6.07) is 12.9. The van der Waals surface area contributed by atoms with Gasteiger partial charge in [-0.15, -0.1) is 0 Å². The number of nitrogens with one attached hydrogen (secondary N) is 3. The van der Waals surface area contributed by atoms with Crippen molar-refractivity contribution in [2.24, 2.45) is 4.99 Å². The second kappa shape index (κ2) is 10.4. The van der Waals surface area contributed by atoms with Gasteiger partial charge in [0.15, 0.2) is 15.7 Å². The molecule has 1 heterocycles. The lowest BCUT2D eigenvalue weighted by Crippen LogP contribution is -2.40. The number of aromatic nitrogens is 2. The zero-order valence-corrected chi connectivity index (χ0v) is 19.1. The van der Waals surface area contributed by atoms with Crippen LogP contribution in [0.15, 0.2) is 64.5 Å². The van der Waals surface area contributed by atoms with Crippen LogP contribution in [-0.2, 0) is 14.6 Å². The lowest BCUT2D eigenvalue weighted by Gasteiger charge is -2.16. The monoisotopic (exact) mass is 473 g/mol. The van der Waals surface area contributed by atoms with E-state index in [1.165, 1.54) is 36.4 Å². The van der Waals surface area contributed by atoms with Gasteiger partial charge in [0.05, 0.1) is 17.2 Å². The van der Waals surface area contributed by atoms with Crippen LogP contribution in [-0.4, -0.2) is 56.5 Å². The van der Waals surface area contributed by atoms with Crippen LogP contribution in [0.5, 0.6) is 0 Å². The number of aromatic amines is 1. The molecular weight excluding hydrogens is 449 g/mol. The Bertz CT molecular complexity index is 1240. The summed E-state index contributed by atoms with van der Waals surface area (Å²) < 4.78 is 41.5. The molecule has 3 N–H and O–H groups in total. The Morgan fingerprint density at radius 3 is 2.45 bits per heavy atom. The molecule has 3 aromatic rings. The molecule has 0 aliphatic rings. The number of ether oxygens (including phenoxy) is 1. The molecule has 11 heteroatoms. The van der Waals surface area contributed by atoms with Gasteiger partial charge < -0.3 is 15.4 Å². The van der Waals surface area contributed by atoms with Crippen LogP contribution >= 0.6 is 0 Å². The zero-order valence-electron chi connectivity index (χ0n) is 18.3. The van der Waals surface area contributed by atoms with Gasteiger partial charge in [0.25, 0.3) is 5.91 Å². The number of carbonyl (C=O) groups excluding carboxylic acids is 1. The number of benzene rings is 2. The normalized spacial score (nSPS) is 12.9. The molecule has 0 saturated carbocycles. The maximum Gasteiger partial charge on any atom is 0.280 e. The van der Waals surface area contributed by atoms with Gasteiger partial charge >= 0.3 is 0 Å². The van der Waals surface area contributed by atoms with Crippen molar-refractivity contribution in [1.82, 2.24) is 15.5 Å². The maximum atomic E-state index is 13.2. The third kappa shape index (κ3) is 6.70. The average Bonchev–Trinajstić information content (AvgIpc) is 3.22. The Labute approximate surface area is 191 Å². The van der Waals surface area contributed by atoms with Gasteiger partial charge in [0, 0.05) is 31.0 Å². The van der Waals surface area contributed by atoms with Gasteiger partial charge in [0.2, 0.25) is 5.96 Å². The van der Waals surface area contributed by atoms with Crippen LogP contribution in [0.25, 0.3) is 11.3 Å². The Balaban J connectivity index is 1.83. The number of H-pyrrole nitrogens is 1. The first-order valence-corrected chi connectivity index (χ1v) is 11.8. The van der Waals surface area contributed by atoms with Crippen molar-refractivity contribution in [3.63, 3.8) is 0 Å². The molecule has 0 saturated heterocycles. The van der Waals surface area contributed by atoms with Crippen LogP contribution in [0.1, 0.15) is 17.3 Å². The highest BCUT2D eigenvalue weighted by atomic mass is 32.2. The first-order chi connectivity index (χ1) is 15.7. The van der Waals surface area contributed by atoms with Crippen LogP contribution in [0.3, 0.4) is 0 Å². The molecule has 0 fully saturated rings. The van der Waals surface area contributed by atoms with Gasteiger partial charge in [-0.2, -0.15) is 10.1 Å². The summed E-state index contributed by atoms with van der Waals surface area (Å²) >= 11 is 0. The summed E-state index contributed by atoms with van der Waals surface area (Å²) in [6.07, 6.45) is 1.09. The van der Waals surface area contributed by atoms with E-state index in [9.17, 15) is 17.6 Å². The van der Waals surface area contributed by atoms with E-state index in [2.05, 4.69) is 25.8 Å². The first-order valence-electron chi connectivity index (χ1n) is 9.92. The van der Waals surface area contributed by atoms with Crippen LogP contribution < -0.4 is 10.6 Å². The van der Waals surface area contributed by atoms with Gasteiger partial charge in [-0.3, -0.25) is 9.89 Å². The largest absolute Gasteiger partial charge is 0.383 e. The Morgan fingerprint density at radius 2 is 1.85 bits per heavy atom. The SMILES string of the molecule is COC[C@H](C)N/C(=N/C(=O)c1ccc(S(C)(=O)=O)cc1)Nc1cc(-c2ccc(F)cc2)[nH]n1. The van der Waals surface area contributed by atoms with E-state index >= 15 is 0 Å². The third-order valence-corrected chi connectivity index (χ3v) is 5.65. The quantitative estimate of drug-likeness (QED) is 0.356. The molecule has 1 atom stereocenters. The second-order valence-corrected chi connectivity index (χ2v) is 9.38. The van der Waals surface area contributed by atoms with Crippen molar-refractivity contribution in [2.45, 2.75) is 17.9 Å². The molecule has 0 unspecified atom stereocenters. The molecule has 174 valence electrons. The lowest BCUT2D eigenvalue weighted by atomic mass is 10.1. The summed E-state index contributed by atoms with van der Waals surface area (Å²) in [4.78, 5) is 16.9. The Hall–Kier alpha value is -3.57. The number of hydrogen-bond acceptors (Lipinski definition) is 5. The van der Waals surface area contributed by atoms with Crippen molar-refractivity contribution in [1.29, 1.82) is 0 Å². The van der Waals surface area contributed by atoms with Crippen molar-refractivity contribution in [3.8, 4) is 11.3 Å². The smallest absolute Gasteiger partial charge is 0.280 e. The maximum absolute atomic E-state index is 13.2. The zero-order chi connectivity index (χ0) is 24.0.